The van der Waals surface area contributed by atoms with Crippen LogP contribution in [-0.4, -0.2) is 15.0 Å². The van der Waals surface area contributed by atoms with E-state index in [-0.39, 0.29) is 4.90 Å². The number of aryl methyl sites for hydroxylation is 2. The summed E-state index contributed by atoms with van der Waals surface area (Å²) in [7, 11) is -3.69. The second-order valence-electron chi connectivity index (χ2n) is 4.32. The highest BCUT2D eigenvalue weighted by atomic mass is 32.2. The van der Waals surface area contributed by atoms with E-state index in [1.165, 1.54) is 0 Å². The predicted molar refractivity (Wildman–Crippen MR) is 72.2 cm³/mol. The third kappa shape index (κ3) is 3.58. The van der Waals surface area contributed by atoms with Crippen molar-refractivity contribution in [2.24, 2.45) is 5.14 Å². The minimum absolute atomic E-state index is 0.171. The number of rotatable bonds is 5. The Labute approximate surface area is 109 Å². The minimum Gasteiger partial charge on any atom is -0.489 e. The third-order valence-corrected chi connectivity index (χ3v) is 3.87. The van der Waals surface area contributed by atoms with Crippen LogP contribution >= 0.6 is 0 Å². The number of ether oxygens (including phenoxy) is 1. The molecule has 0 radical (unpaired) electrons. The van der Waals surface area contributed by atoms with E-state index in [9.17, 15) is 8.42 Å². The first-order chi connectivity index (χ1) is 8.25. The number of hydrogen-bond acceptors (Lipinski definition) is 3. The molecule has 0 spiro atoms. The molecule has 4 nitrogen and oxygen atoms in total. The van der Waals surface area contributed by atoms with Gasteiger partial charge in [0.1, 0.15) is 12.4 Å². The van der Waals surface area contributed by atoms with Crippen molar-refractivity contribution in [3.05, 3.63) is 35.4 Å². The van der Waals surface area contributed by atoms with E-state index >= 15 is 0 Å². The summed E-state index contributed by atoms with van der Waals surface area (Å²) in [4.78, 5) is 0.171. The van der Waals surface area contributed by atoms with E-state index in [4.69, 9.17) is 9.88 Å². The first-order valence-electron chi connectivity index (χ1n) is 5.69. The van der Waals surface area contributed by atoms with Gasteiger partial charge >= 0.3 is 0 Å². The Bertz CT molecular complexity index is 539. The van der Waals surface area contributed by atoms with Crippen molar-refractivity contribution in [1.82, 2.24) is 0 Å². The molecule has 1 rings (SSSR count). The van der Waals surface area contributed by atoms with Crippen LogP contribution in [-0.2, 0) is 10.0 Å². The molecule has 0 aromatic heterocycles. The Kier molecular flexibility index (Phi) is 4.53. The summed E-state index contributed by atoms with van der Waals surface area (Å²) in [6, 6.07) is 3.35. The second-order valence-corrected chi connectivity index (χ2v) is 5.82. The lowest BCUT2D eigenvalue weighted by Gasteiger charge is -2.12. The maximum Gasteiger partial charge on any atom is 0.238 e. The molecule has 0 amide bonds. The smallest absolute Gasteiger partial charge is 0.238 e. The van der Waals surface area contributed by atoms with Crippen molar-refractivity contribution in [3.63, 3.8) is 0 Å². The van der Waals surface area contributed by atoms with Crippen LogP contribution in [0.15, 0.2) is 29.2 Å². The lowest BCUT2D eigenvalue weighted by molar-refractivity contribution is 0.348. The Morgan fingerprint density at radius 1 is 1.33 bits per heavy atom. The zero-order valence-corrected chi connectivity index (χ0v) is 11.8. The summed E-state index contributed by atoms with van der Waals surface area (Å²) < 4.78 is 28.4. The highest BCUT2D eigenvalue weighted by Crippen LogP contribution is 2.25. The maximum atomic E-state index is 11.4. The highest BCUT2D eigenvalue weighted by Gasteiger charge is 2.16. The first-order valence-corrected chi connectivity index (χ1v) is 7.23. The largest absolute Gasteiger partial charge is 0.489 e. The number of nitrogens with two attached hydrogens (primary N) is 1. The van der Waals surface area contributed by atoms with Crippen LogP contribution in [0.4, 0.5) is 0 Å². The van der Waals surface area contributed by atoms with Crippen molar-refractivity contribution in [2.75, 3.05) is 6.61 Å². The van der Waals surface area contributed by atoms with Gasteiger partial charge in [0.05, 0.1) is 4.90 Å². The molecule has 0 aliphatic heterocycles. The maximum absolute atomic E-state index is 11.4. The number of benzene rings is 1. The SMILES string of the molecule is C=C(CC)COc1cc(C)c(S(N)(=O)=O)c(C)c1. The van der Waals surface area contributed by atoms with Crippen molar-refractivity contribution in [1.29, 1.82) is 0 Å². The topological polar surface area (TPSA) is 69.4 Å². The number of hydrogen-bond donors (Lipinski definition) is 1. The predicted octanol–water partition coefficient (Wildman–Crippen LogP) is 2.30. The van der Waals surface area contributed by atoms with Gasteiger partial charge in [-0.2, -0.15) is 0 Å². The van der Waals surface area contributed by atoms with E-state index in [1.807, 2.05) is 6.92 Å². The lowest BCUT2D eigenvalue weighted by Crippen LogP contribution is -2.15. The Morgan fingerprint density at radius 2 is 1.83 bits per heavy atom. The van der Waals surface area contributed by atoms with Gasteiger partial charge in [0.2, 0.25) is 10.0 Å². The molecular formula is C13H19NO3S. The molecule has 2 N–H and O–H groups in total. The molecule has 0 unspecified atom stereocenters. The molecule has 0 aliphatic carbocycles. The second kappa shape index (κ2) is 5.54. The fourth-order valence-electron chi connectivity index (χ4n) is 1.73. The molecule has 0 bridgehead atoms. The van der Waals surface area contributed by atoms with Gasteiger partial charge in [-0.1, -0.05) is 13.5 Å². The standard InChI is InChI=1S/C13H19NO3S/c1-5-9(2)8-17-12-6-10(3)13(11(4)7-12)18(14,15)16/h6-7H,2,5,8H2,1,3-4H3,(H2,14,15,16). The Balaban J connectivity index is 3.04. The first kappa shape index (κ1) is 14.7. The van der Waals surface area contributed by atoms with Crippen LogP contribution in [0.5, 0.6) is 5.75 Å². The average molecular weight is 269 g/mol. The Morgan fingerprint density at radius 3 is 2.22 bits per heavy atom. The molecule has 0 heterocycles. The van der Waals surface area contributed by atoms with Crippen LogP contribution < -0.4 is 9.88 Å². The average Bonchev–Trinajstić information content (AvgIpc) is 2.22. The number of primary sulfonamides is 1. The summed E-state index contributed by atoms with van der Waals surface area (Å²) >= 11 is 0. The fourth-order valence-corrected chi connectivity index (χ4v) is 2.75. The normalized spacial score (nSPS) is 11.3. The van der Waals surface area contributed by atoms with Gasteiger partial charge in [-0.25, -0.2) is 13.6 Å². The van der Waals surface area contributed by atoms with Crippen molar-refractivity contribution in [2.45, 2.75) is 32.1 Å². The van der Waals surface area contributed by atoms with E-state index in [2.05, 4.69) is 6.58 Å². The molecular weight excluding hydrogens is 250 g/mol. The summed E-state index contributed by atoms with van der Waals surface area (Å²) in [5, 5.41) is 5.17. The van der Waals surface area contributed by atoms with Gasteiger partial charge in [-0.15, -0.1) is 0 Å². The fraction of sp³-hybridized carbons (Fsp3) is 0.385. The third-order valence-electron chi connectivity index (χ3n) is 2.66. The highest BCUT2D eigenvalue weighted by molar-refractivity contribution is 7.89. The van der Waals surface area contributed by atoms with Crippen LogP contribution in [0.3, 0.4) is 0 Å². The van der Waals surface area contributed by atoms with Gasteiger partial charge in [0.15, 0.2) is 0 Å². The van der Waals surface area contributed by atoms with Crippen molar-refractivity contribution >= 4 is 10.0 Å². The summed E-state index contributed by atoms with van der Waals surface area (Å²) in [6.45, 7) is 9.70. The molecule has 0 saturated carbocycles. The Hall–Kier alpha value is -1.33. The van der Waals surface area contributed by atoms with Crippen LogP contribution in [0, 0.1) is 13.8 Å². The lowest BCUT2D eigenvalue weighted by atomic mass is 10.1. The zero-order chi connectivity index (χ0) is 13.9. The monoisotopic (exact) mass is 269 g/mol. The van der Waals surface area contributed by atoms with Crippen molar-refractivity contribution < 1.29 is 13.2 Å². The van der Waals surface area contributed by atoms with E-state index < -0.39 is 10.0 Å². The molecule has 18 heavy (non-hydrogen) atoms. The number of sulfonamides is 1. The van der Waals surface area contributed by atoms with Gasteiger partial charge in [0.25, 0.3) is 0 Å². The quantitative estimate of drug-likeness (QED) is 0.834. The summed E-state index contributed by atoms with van der Waals surface area (Å²) in [5.74, 6) is 0.631. The molecule has 0 aliphatic rings. The van der Waals surface area contributed by atoms with Crippen LogP contribution in [0.25, 0.3) is 0 Å². The zero-order valence-electron chi connectivity index (χ0n) is 11.0. The van der Waals surface area contributed by atoms with Crippen molar-refractivity contribution in [3.8, 4) is 5.75 Å². The van der Waals surface area contributed by atoms with Gasteiger partial charge in [-0.3, -0.25) is 0 Å². The minimum atomic E-state index is -3.69. The van der Waals surface area contributed by atoms with E-state index in [0.717, 1.165) is 12.0 Å². The molecule has 0 fully saturated rings. The van der Waals surface area contributed by atoms with Gasteiger partial charge in [-0.05, 0) is 49.1 Å². The van der Waals surface area contributed by atoms with Gasteiger partial charge in [0, 0.05) is 0 Å². The molecule has 1 aromatic carbocycles. The van der Waals surface area contributed by atoms with E-state index in [1.54, 1.807) is 26.0 Å². The molecule has 100 valence electrons. The van der Waals surface area contributed by atoms with Crippen LogP contribution in [0.2, 0.25) is 0 Å². The van der Waals surface area contributed by atoms with E-state index in [0.29, 0.717) is 23.5 Å². The molecule has 0 atom stereocenters. The molecule has 5 heteroatoms. The summed E-state index contributed by atoms with van der Waals surface area (Å²) in [5.41, 5.74) is 2.17. The molecule has 1 aromatic rings. The van der Waals surface area contributed by atoms with Gasteiger partial charge < -0.3 is 4.74 Å². The summed E-state index contributed by atoms with van der Waals surface area (Å²) in [6.07, 6.45) is 0.854. The van der Waals surface area contributed by atoms with Crippen LogP contribution in [0.1, 0.15) is 24.5 Å². The molecule has 0 saturated heterocycles.